The predicted molar refractivity (Wildman–Crippen MR) is 45.8 cm³/mol. The first kappa shape index (κ1) is 8.24. The minimum absolute atomic E-state index is 0.00926. The average Bonchev–Trinajstić information content (AvgIpc) is 2.33. The summed E-state index contributed by atoms with van der Waals surface area (Å²) >= 11 is 0. The van der Waals surface area contributed by atoms with Gasteiger partial charge in [-0.1, -0.05) is 6.42 Å². The summed E-state index contributed by atoms with van der Waals surface area (Å²) in [6.07, 6.45) is 6.35. The van der Waals surface area contributed by atoms with Crippen LogP contribution in [0.15, 0.2) is 0 Å². The van der Waals surface area contributed by atoms with Crippen molar-refractivity contribution in [1.29, 1.82) is 0 Å². The molecule has 0 heterocycles. The molecule has 2 aliphatic carbocycles. The molecule has 0 aromatic heterocycles. The van der Waals surface area contributed by atoms with Gasteiger partial charge >= 0.3 is 0 Å². The number of Topliss-reactive ketones (excluding diaryl/α,β-unsaturated/α-hetero) is 1. The Balaban J connectivity index is 2.13. The van der Waals surface area contributed by atoms with Gasteiger partial charge in [-0.2, -0.15) is 0 Å². The number of aliphatic hydroxyl groups excluding tert-OH is 1. The van der Waals surface area contributed by atoms with Gasteiger partial charge in [0.2, 0.25) is 0 Å². The van der Waals surface area contributed by atoms with E-state index in [1.165, 1.54) is 0 Å². The van der Waals surface area contributed by atoms with Crippen molar-refractivity contribution < 1.29 is 9.90 Å². The Hall–Kier alpha value is -0.370. The smallest absolute Gasteiger partial charge is 0.133 e. The molecule has 2 rings (SSSR count). The summed E-state index contributed by atoms with van der Waals surface area (Å²) in [4.78, 5) is 11.3. The van der Waals surface area contributed by atoms with Gasteiger partial charge in [-0.25, -0.2) is 0 Å². The van der Waals surface area contributed by atoms with E-state index in [9.17, 15) is 9.90 Å². The van der Waals surface area contributed by atoms with Crippen LogP contribution < -0.4 is 0 Å². The highest BCUT2D eigenvalue weighted by molar-refractivity contribution is 5.80. The van der Waals surface area contributed by atoms with Crippen LogP contribution in [0.1, 0.15) is 44.9 Å². The molecule has 0 unspecified atom stereocenters. The van der Waals surface area contributed by atoms with Crippen molar-refractivity contribution in [2.75, 3.05) is 0 Å². The standard InChI is InChI=1S/C10H16O2/c11-8-3-1-5-10(7-8)6-2-4-9(10)12/h9,12H,1-7H2/t9-,10-/m1/s1. The second-order valence-corrected chi connectivity index (χ2v) is 4.34. The van der Waals surface area contributed by atoms with Crippen LogP contribution in [0.4, 0.5) is 0 Å². The molecular weight excluding hydrogens is 152 g/mol. The van der Waals surface area contributed by atoms with E-state index in [0.29, 0.717) is 12.2 Å². The van der Waals surface area contributed by atoms with E-state index in [-0.39, 0.29) is 11.5 Å². The maximum Gasteiger partial charge on any atom is 0.133 e. The van der Waals surface area contributed by atoms with E-state index >= 15 is 0 Å². The minimum Gasteiger partial charge on any atom is -0.393 e. The van der Waals surface area contributed by atoms with Crippen molar-refractivity contribution in [2.24, 2.45) is 5.41 Å². The monoisotopic (exact) mass is 168 g/mol. The molecule has 0 aromatic rings. The molecule has 2 nitrogen and oxygen atoms in total. The number of carbonyl (C=O) groups excluding carboxylic acids is 1. The summed E-state index contributed by atoms with van der Waals surface area (Å²) in [5.74, 6) is 0.363. The normalized spacial score (nSPS) is 42.4. The van der Waals surface area contributed by atoms with Crippen molar-refractivity contribution in [2.45, 2.75) is 51.0 Å². The molecule has 0 amide bonds. The molecular formula is C10H16O2. The first-order chi connectivity index (χ1) is 5.73. The number of hydrogen-bond donors (Lipinski definition) is 1. The lowest BCUT2D eigenvalue weighted by Gasteiger charge is -2.35. The van der Waals surface area contributed by atoms with Gasteiger partial charge in [0.05, 0.1) is 6.10 Å². The van der Waals surface area contributed by atoms with Crippen molar-refractivity contribution >= 4 is 5.78 Å². The topological polar surface area (TPSA) is 37.3 Å². The quantitative estimate of drug-likeness (QED) is 0.597. The Labute approximate surface area is 73.0 Å². The third-order valence-corrected chi connectivity index (χ3v) is 3.54. The van der Waals surface area contributed by atoms with Crippen LogP contribution >= 0.6 is 0 Å². The number of ketones is 1. The van der Waals surface area contributed by atoms with Gasteiger partial charge in [0, 0.05) is 18.3 Å². The fraction of sp³-hybridized carbons (Fsp3) is 0.900. The summed E-state index contributed by atoms with van der Waals surface area (Å²) in [5.41, 5.74) is 0.00926. The molecule has 12 heavy (non-hydrogen) atoms. The second-order valence-electron chi connectivity index (χ2n) is 4.34. The van der Waals surface area contributed by atoms with Gasteiger partial charge < -0.3 is 5.11 Å². The van der Waals surface area contributed by atoms with Gasteiger partial charge in [-0.3, -0.25) is 4.79 Å². The molecule has 2 fully saturated rings. The van der Waals surface area contributed by atoms with E-state index in [0.717, 1.165) is 38.5 Å². The molecule has 2 heteroatoms. The van der Waals surface area contributed by atoms with Crippen LogP contribution in [-0.2, 0) is 4.79 Å². The van der Waals surface area contributed by atoms with Gasteiger partial charge in [-0.05, 0) is 25.7 Å². The molecule has 0 aromatic carbocycles. The van der Waals surface area contributed by atoms with Crippen LogP contribution in [-0.4, -0.2) is 17.0 Å². The highest BCUT2D eigenvalue weighted by atomic mass is 16.3. The Bertz CT molecular complexity index is 200. The van der Waals surface area contributed by atoms with E-state index in [2.05, 4.69) is 0 Å². The van der Waals surface area contributed by atoms with Crippen LogP contribution in [0.2, 0.25) is 0 Å². The number of rotatable bonds is 0. The molecule has 0 radical (unpaired) electrons. The summed E-state index contributed by atoms with van der Waals surface area (Å²) < 4.78 is 0. The maximum absolute atomic E-state index is 11.3. The van der Waals surface area contributed by atoms with Gasteiger partial charge in [0.15, 0.2) is 0 Å². The van der Waals surface area contributed by atoms with Crippen molar-refractivity contribution in [3.63, 3.8) is 0 Å². The number of hydrogen-bond acceptors (Lipinski definition) is 2. The molecule has 0 saturated heterocycles. The molecule has 0 aliphatic heterocycles. The molecule has 1 N–H and O–H groups in total. The van der Waals surface area contributed by atoms with Gasteiger partial charge in [0.25, 0.3) is 0 Å². The molecule has 2 aliphatic rings. The van der Waals surface area contributed by atoms with Gasteiger partial charge in [0.1, 0.15) is 5.78 Å². The van der Waals surface area contributed by atoms with Crippen LogP contribution in [0.5, 0.6) is 0 Å². The lowest BCUT2D eigenvalue weighted by atomic mass is 9.71. The Morgan fingerprint density at radius 2 is 2.08 bits per heavy atom. The van der Waals surface area contributed by atoms with Crippen LogP contribution in [0.3, 0.4) is 0 Å². The Kier molecular flexibility index (Phi) is 1.95. The highest BCUT2D eigenvalue weighted by Gasteiger charge is 2.44. The van der Waals surface area contributed by atoms with Crippen molar-refractivity contribution in [3.8, 4) is 0 Å². The summed E-state index contributed by atoms with van der Waals surface area (Å²) in [6, 6.07) is 0. The first-order valence-corrected chi connectivity index (χ1v) is 4.93. The highest BCUT2D eigenvalue weighted by Crippen LogP contribution is 2.47. The predicted octanol–water partition coefficient (Wildman–Crippen LogP) is 1.66. The van der Waals surface area contributed by atoms with Crippen molar-refractivity contribution in [1.82, 2.24) is 0 Å². The van der Waals surface area contributed by atoms with E-state index < -0.39 is 0 Å². The SMILES string of the molecule is O=C1CCC[C@@]2(CCC[C@H]2O)C1. The number of aliphatic hydroxyl groups is 1. The first-order valence-electron chi connectivity index (χ1n) is 4.93. The largest absolute Gasteiger partial charge is 0.393 e. The fourth-order valence-electron chi connectivity index (χ4n) is 2.83. The van der Waals surface area contributed by atoms with Crippen LogP contribution in [0.25, 0.3) is 0 Å². The van der Waals surface area contributed by atoms with Gasteiger partial charge in [-0.15, -0.1) is 0 Å². The maximum atomic E-state index is 11.3. The summed E-state index contributed by atoms with van der Waals surface area (Å²) in [7, 11) is 0. The zero-order valence-corrected chi connectivity index (χ0v) is 7.38. The zero-order chi connectivity index (χ0) is 8.60. The molecule has 68 valence electrons. The zero-order valence-electron chi connectivity index (χ0n) is 7.38. The summed E-state index contributed by atoms with van der Waals surface area (Å²) in [5, 5.41) is 9.77. The second kappa shape index (κ2) is 2.84. The molecule has 2 saturated carbocycles. The third-order valence-electron chi connectivity index (χ3n) is 3.54. The lowest BCUT2D eigenvalue weighted by molar-refractivity contribution is -0.126. The summed E-state index contributed by atoms with van der Waals surface area (Å²) in [6.45, 7) is 0. The molecule has 1 spiro atoms. The fourth-order valence-corrected chi connectivity index (χ4v) is 2.83. The lowest BCUT2D eigenvalue weighted by Crippen LogP contribution is -2.35. The van der Waals surface area contributed by atoms with E-state index in [1.807, 2.05) is 0 Å². The average molecular weight is 168 g/mol. The molecule has 2 atom stereocenters. The molecule has 0 bridgehead atoms. The third kappa shape index (κ3) is 1.18. The number of carbonyl (C=O) groups is 1. The minimum atomic E-state index is -0.193. The van der Waals surface area contributed by atoms with E-state index in [4.69, 9.17) is 0 Å². The van der Waals surface area contributed by atoms with Crippen LogP contribution in [0, 0.1) is 5.41 Å². The van der Waals surface area contributed by atoms with Crippen molar-refractivity contribution in [3.05, 3.63) is 0 Å². The Morgan fingerprint density at radius 1 is 1.33 bits per heavy atom. The Morgan fingerprint density at radius 3 is 2.67 bits per heavy atom. The van der Waals surface area contributed by atoms with E-state index in [1.54, 1.807) is 0 Å².